The van der Waals surface area contributed by atoms with Gasteiger partial charge in [-0.05, 0) is 44.1 Å². The molecule has 0 aliphatic heterocycles. The largest absolute Gasteiger partial charge is 0.409 e. The Labute approximate surface area is 105 Å². The second kappa shape index (κ2) is 6.84. The summed E-state index contributed by atoms with van der Waals surface area (Å²) in [6, 6.07) is 0.683. The average Bonchev–Trinajstić information content (AvgIpc) is 2.27. The Balaban J connectivity index is 2.06. The standard InChI is InChI=1S/C13H27N3O/c1-13(2)8-5-6-11(10-13)15-9-4-3-7-12(14)16-17/h11,15,17H,3-10H2,1-2H3,(H2,14,16). The number of hydrogen-bond acceptors (Lipinski definition) is 3. The van der Waals surface area contributed by atoms with Crippen LogP contribution in [0.3, 0.4) is 0 Å². The van der Waals surface area contributed by atoms with E-state index in [4.69, 9.17) is 10.9 Å². The van der Waals surface area contributed by atoms with Gasteiger partial charge in [0.2, 0.25) is 0 Å². The third kappa shape index (κ3) is 5.91. The van der Waals surface area contributed by atoms with Crippen LogP contribution in [0.5, 0.6) is 0 Å². The SMILES string of the molecule is CC1(C)CCCC(NCCCCC(N)=NO)C1. The molecular formula is C13H27N3O. The minimum atomic E-state index is 0.337. The first-order valence-corrected chi connectivity index (χ1v) is 6.73. The minimum Gasteiger partial charge on any atom is -0.409 e. The third-order valence-electron chi connectivity index (χ3n) is 3.63. The van der Waals surface area contributed by atoms with Crippen LogP contribution in [0, 0.1) is 5.41 Å². The van der Waals surface area contributed by atoms with E-state index in [-0.39, 0.29) is 0 Å². The lowest BCUT2D eigenvalue weighted by molar-refractivity contribution is 0.198. The van der Waals surface area contributed by atoms with E-state index in [0.29, 0.717) is 23.7 Å². The van der Waals surface area contributed by atoms with Crippen LogP contribution in [0.25, 0.3) is 0 Å². The molecule has 1 aliphatic rings. The molecule has 0 heterocycles. The molecule has 4 heteroatoms. The molecule has 0 amide bonds. The van der Waals surface area contributed by atoms with E-state index in [1.165, 1.54) is 25.7 Å². The molecule has 0 aromatic carbocycles. The van der Waals surface area contributed by atoms with Crippen molar-refractivity contribution in [3.8, 4) is 0 Å². The first-order valence-electron chi connectivity index (χ1n) is 6.73. The Kier molecular flexibility index (Phi) is 5.75. The fourth-order valence-electron chi connectivity index (χ4n) is 2.66. The van der Waals surface area contributed by atoms with Crippen molar-refractivity contribution in [2.24, 2.45) is 16.3 Å². The summed E-state index contributed by atoms with van der Waals surface area (Å²) in [4.78, 5) is 0. The van der Waals surface area contributed by atoms with Gasteiger partial charge in [-0.15, -0.1) is 0 Å². The molecule has 4 nitrogen and oxygen atoms in total. The summed E-state index contributed by atoms with van der Waals surface area (Å²) in [5.41, 5.74) is 5.92. The predicted octanol–water partition coefficient (Wildman–Crippen LogP) is 2.46. The van der Waals surface area contributed by atoms with Crippen LogP contribution in [-0.2, 0) is 0 Å². The number of nitrogens with two attached hydrogens (primary N) is 1. The van der Waals surface area contributed by atoms with E-state index >= 15 is 0 Å². The molecule has 1 aliphatic carbocycles. The smallest absolute Gasteiger partial charge is 0.139 e. The lowest BCUT2D eigenvalue weighted by Crippen LogP contribution is -2.37. The lowest BCUT2D eigenvalue weighted by atomic mass is 9.75. The van der Waals surface area contributed by atoms with Crippen LogP contribution in [0.2, 0.25) is 0 Å². The Morgan fingerprint density at radius 1 is 1.47 bits per heavy atom. The van der Waals surface area contributed by atoms with Crippen molar-refractivity contribution < 1.29 is 5.21 Å². The molecule has 1 fully saturated rings. The van der Waals surface area contributed by atoms with Gasteiger partial charge in [-0.2, -0.15) is 0 Å². The van der Waals surface area contributed by atoms with Crippen molar-refractivity contribution in [3.05, 3.63) is 0 Å². The van der Waals surface area contributed by atoms with Crippen LogP contribution in [0.15, 0.2) is 5.16 Å². The second-order valence-electron chi connectivity index (χ2n) is 5.96. The quantitative estimate of drug-likeness (QED) is 0.220. The van der Waals surface area contributed by atoms with Crippen molar-refractivity contribution in [3.63, 3.8) is 0 Å². The van der Waals surface area contributed by atoms with Gasteiger partial charge >= 0.3 is 0 Å². The molecule has 17 heavy (non-hydrogen) atoms. The van der Waals surface area contributed by atoms with Crippen LogP contribution in [0.4, 0.5) is 0 Å². The van der Waals surface area contributed by atoms with Gasteiger partial charge in [-0.25, -0.2) is 0 Å². The summed E-state index contributed by atoms with van der Waals surface area (Å²) >= 11 is 0. The zero-order chi connectivity index (χ0) is 12.7. The summed E-state index contributed by atoms with van der Waals surface area (Å²) in [5, 5.41) is 15.0. The van der Waals surface area contributed by atoms with Gasteiger partial charge in [0.05, 0.1) is 0 Å². The maximum Gasteiger partial charge on any atom is 0.139 e. The van der Waals surface area contributed by atoms with Crippen LogP contribution >= 0.6 is 0 Å². The van der Waals surface area contributed by atoms with Crippen LogP contribution < -0.4 is 11.1 Å². The fourth-order valence-corrected chi connectivity index (χ4v) is 2.66. The summed E-state index contributed by atoms with van der Waals surface area (Å²) in [7, 11) is 0. The highest BCUT2D eigenvalue weighted by molar-refractivity contribution is 5.79. The highest BCUT2D eigenvalue weighted by atomic mass is 16.4. The summed E-state index contributed by atoms with van der Waals surface area (Å²) < 4.78 is 0. The average molecular weight is 241 g/mol. The number of rotatable bonds is 6. The first-order chi connectivity index (χ1) is 8.03. The molecule has 100 valence electrons. The van der Waals surface area contributed by atoms with E-state index in [1.807, 2.05) is 0 Å². The molecule has 0 bridgehead atoms. The Morgan fingerprint density at radius 3 is 2.88 bits per heavy atom. The Morgan fingerprint density at radius 2 is 2.24 bits per heavy atom. The monoisotopic (exact) mass is 241 g/mol. The maximum absolute atomic E-state index is 8.40. The number of oxime groups is 1. The van der Waals surface area contributed by atoms with E-state index in [2.05, 4.69) is 24.3 Å². The molecule has 0 aromatic heterocycles. The van der Waals surface area contributed by atoms with E-state index < -0.39 is 0 Å². The molecule has 0 radical (unpaired) electrons. The number of hydrogen-bond donors (Lipinski definition) is 3. The third-order valence-corrected chi connectivity index (χ3v) is 3.63. The minimum absolute atomic E-state index is 0.337. The lowest BCUT2D eigenvalue weighted by Gasteiger charge is -2.35. The molecule has 4 N–H and O–H groups in total. The van der Waals surface area contributed by atoms with Crippen molar-refractivity contribution in [2.45, 2.75) is 64.8 Å². The molecule has 1 atom stereocenters. The summed E-state index contributed by atoms with van der Waals surface area (Å²) in [5.74, 6) is 0.337. The summed E-state index contributed by atoms with van der Waals surface area (Å²) in [6.45, 7) is 5.76. The van der Waals surface area contributed by atoms with Crippen molar-refractivity contribution >= 4 is 5.84 Å². The number of nitrogens with zero attached hydrogens (tertiary/aromatic N) is 1. The molecule has 0 saturated heterocycles. The molecule has 1 rings (SSSR count). The second-order valence-corrected chi connectivity index (χ2v) is 5.96. The zero-order valence-electron chi connectivity index (χ0n) is 11.2. The summed E-state index contributed by atoms with van der Waals surface area (Å²) in [6.07, 6.45) is 8.06. The van der Waals surface area contributed by atoms with Gasteiger partial charge < -0.3 is 16.3 Å². The number of nitrogens with one attached hydrogen (secondary N) is 1. The molecule has 0 aromatic rings. The van der Waals surface area contributed by atoms with Crippen molar-refractivity contribution in [1.29, 1.82) is 0 Å². The molecule has 0 spiro atoms. The van der Waals surface area contributed by atoms with Crippen LogP contribution in [-0.4, -0.2) is 23.6 Å². The Bertz CT molecular complexity index is 251. The predicted molar refractivity (Wildman–Crippen MR) is 71.3 cm³/mol. The Hall–Kier alpha value is -0.770. The first kappa shape index (κ1) is 14.3. The normalized spacial score (nSPS) is 24.8. The van der Waals surface area contributed by atoms with Gasteiger partial charge in [-0.1, -0.05) is 25.4 Å². The van der Waals surface area contributed by atoms with Crippen LogP contribution in [0.1, 0.15) is 58.8 Å². The maximum atomic E-state index is 8.40. The molecule has 1 saturated carbocycles. The van der Waals surface area contributed by atoms with Crippen molar-refractivity contribution in [2.75, 3.05) is 6.54 Å². The topological polar surface area (TPSA) is 70.6 Å². The number of unbranched alkanes of at least 4 members (excludes halogenated alkanes) is 1. The van der Waals surface area contributed by atoms with E-state index in [9.17, 15) is 0 Å². The van der Waals surface area contributed by atoms with Gasteiger partial charge in [0.1, 0.15) is 5.84 Å². The highest BCUT2D eigenvalue weighted by Crippen LogP contribution is 2.34. The zero-order valence-corrected chi connectivity index (χ0v) is 11.2. The fraction of sp³-hybridized carbons (Fsp3) is 0.923. The van der Waals surface area contributed by atoms with Gasteiger partial charge in [0.25, 0.3) is 0 Å². The molecule has 1 unspecified atom stereocenters. The van der Waals surface area contributed by atoms with Gasteiger partial charge in [0, 0.05) is 12.5 Å². The van der Waals surface area contributed by atoms with E-state index in [0.717, 1.165) is 19.4 Å². The van der Waals surface area contributed by atoms with E-state index in [1.54, 1.807) is 0 Å². The van der Waals surface area contributed by atoms with Gasteiger partial charge in [0.15, 0.2) is 0 Å². The number of amidine groups is 1. The highest BCUT2D eigenvalue weighted by Gasteiger charge is 2.27. The van der Waals surface area contributed by atoms with Crippen molar-refractivity contribution in [1.82, 2.24) is 5.32 Å². The molecular weight excluding hydrogens is 214 g/mol. The van der Waals surface area contributed by atoms with Gasteiger partial charge in [-0.3, -0.25) is 0 Å².